The first-order valence-corrected chi connectivity index (χ1v) is 6.40. The molecule has 0 aliphatic rings. The fourth-order valence-corrected chi connectivity index (χ4v) is 1.86. The first-order chi connectivity index (χ1) is 10.7. The van der Waals surface area contributed by atoms with Crippen LogP contribution in [0.2, 0.25) is 0 Å². The van der Waals surface area contributed by atoms with Crippen LogP contribution in [-0.2, 0) is 0 Å². The zero-order valence-electron chi connectivity index (χ0n) is 11.7. The normalized spacial score (nSPS) is 10.5. The van der Waals surface area contributed by atoms with Gasteiger partial charge in [-0.05, 0) is 12.1 Å². The number of nitrogen functional groups attached to an aromatic ring is 1. The maximum atomic E-state index is 9.36. The van der Waals surface area contributed by atoms with Gasteiger partial charge in [0.25, 0.3) is 0 Å². The van der Waals surface area contributed by atoms with Crippen molar-refractivity contribution in [3.8, 4) is 17.9 Å². The van der Waals surface area contributed by atoms with E-state index in [-0.39, 0.29) is 17.0 Å². The van der Waals surface area contributed by atoms with Crippen molar-refractivity contribution in [2.75, 3.05) is 12.3 Å². The first kappa shape index (κ1) is 14.9. The van der Waals surface area contributed by atoms with Gasteiger partial charge in [-0.15, -0.1) is 0 Å². The molecule has 0 aliphatic heterocycles. The summed E-state index contributed by atoms with van der Waals surface area (Å²) in [7, 11) is 0. The predicted octanol–water partition coefficient (Wildman–Crippen LogP) is 2.49. The number of para-hydroxylation sites is 1. The third-order valence-electron chi connectivity index (χ3n) is 2.87. The number of nitrogens with one attached hydrogen (secondary N) is 1. The first-order valence-electron chi connectivity index (χ1n) is 6.40. The van der Waals surface area contributed by atoms with Crippen molar-refractivity contribution < 1.29 is 4.74 Å². The number of nitrogens with two attached hydrogens (primary N) is 1. The quantitative estimate of drug-likeness (QED) is 0.649. The van der Waals surface area contributed by atoms with E-state index in [4.69, 9.17) is 15.7 Å². The van der Waals surface area contributed by atoms with Gasteiger partial charge in [0, 0.05) is 5.56 Å². The van der Waals surface area contributed by atoms with Crippen LogP contribution in [0.3, 0.4) is 0 Å². The number of ether oxygens (including phenoxy) is 1. The molecular formula is C16H13N5O. The zero-order chi connectivity index (χ0) is 15.9. The Labute approximate surface area is 127 Å². The molecule has 0 saturated carbocycles. The van der Waals surface area contributed by atoms with Crippen molar-refractivity contribution in [3.63, 3.8) is 0 Å². The van der Waals surface area contributed by atoms with E-state index in [0.29, 0.717) is 23.6 Å². The molecule has 0 spiro atoms. The van der Waals surface area contributed by atoms with Crippen molar-refractivity contribution in [2.45, 2.75) is 0 Å². The van der Waals surface area contributed by atoms with Crippen LogP contribution in [0, 0.1) is 22.7 Å². The van der Waals surface area contributed by atoms with Gasteiger partial charge >= 0.3 is 0 Å². The second-order valence-electron chi connectivity index (χ2n) is 4.28. The maximum Gasteiger partial charge on any atom is 0.163 e. The lowest BCUT2D eigenvalue weighted by molar-refractivity contribution is 0.362. The number of rotatable bonds is 5. The van der Waals surface area contributed by atoms with Crippen molar-refractivity contribution in [1.29, 1.82) is 10.5 Å². The lowest BCUT2D eigenvalue weighted by Gasteiger charge is -2.07. The molecular weight excluding hydrogens is 278 g/mol. The SMILES string of the molecule is C=CCOc1ccccc1/C=C(\C#N)c1[nH]nc(N)c1C#N. The molecule has 0 radical (unpaired) electrons. The number of nitrogens with zero attached hydrogens (tertiary/aromatic N) is 3. The molecule has 2 rings (SSSR count). The van der Waals surface area contributed by atoms with Crippen molar-refractivity contribution >= 4 is 17.5 Å². The molecule has 1 heterocycles. The van der Waals surface area contributed by atoms with Crippen molar-refractivity contribution in [1.82, 2.24) is 10.2 Å². The molecule has 0 unspecified atom stereocenters. The molecule has 0 atom stereocenters. The van der Waals surface area contributed by atoms with Crippen LogP contribution >= 0.6 is 0 Å². The minimum Gasteiger partial charge on any atom is -0.489 e. The Bertz CT molecular complexity index is 805. The average Bonchev–Trinajstić information content (AvgIpc) is 2.92. The molecule has 2 aromatic rings. The number of aromatic amines is 1. The monoisotopic (exact) mass is 291 g/mol. The predicted molar refractivity (Wildman–Crippen MR) is 83.3 cm³/mol. The van der Waals surface area contributed by atoms with E-state index in [1.54, 1.807) is 18.2 Å². The van der Waals surface area contributed by atoms with Gasteiger partial charge in [0.2, 0.25) is 0 Å². The fourth-order valence-electron chi connectivity index (χ4n) is 1.86. The molecule has 108 valence electrons. The maximum absolute atomic E-state index is 9.36. The molecule has 6 heteroatoms. The van der Waals surface area contributed by atoms with E-state index in [1.807, 2.05) is 30.3 Å². The standard InChI is InChI=1S/C16H13N5O/c1-2-7-22-14-6-4-3-5-11(14)8-12(9-17)15-13(10-18)16(19)21-20-15/h2-6,8H,1,7H2,(H3,19,20,21)/b12-8+. The number of benzene rings is 1. The van der Waals surface area contributed by atoms with Gasteiger partial charge in [-0.2, -0.15) is 15.6 Å². The van der Waals surface area contributed by atoms with Crippen LogP contribution in [0.15, 0.2) is 36.9 Å². The summed E-state index contributed by atoms with van der Waals surface area (Å²) in [4.78, 5) is 0. The molecule has 6 nitrogen and oxygen atoms in total. The Morgan fingerprint density at radius 2 is 2.18 bits per heavy atom. The molecule has 1 aromatic heterocycles. The third kappa shape index (κ3) is 2.97. The summed E-state index contributed by atoms with van der Waals surface area (Å²) in [6.07, 6.45) is 3.25. The fraction of sp³-hybridized carbons (Fsp3) is 0.0625. The van der Waals surface area contributed by atoms with Gasteiger partial charge in [0.15, 0.2) is 5.82 Å². The van der Waals surface area contributed by atoms with Gasteiger partial charge in [-0.25, -0.2) is 0 Å². The number of nitriles is 2. The molecule has 0 amide bonds. The molecule has 3 N–H and O–H groups in total. The summed E-state index contributed by atoms with van der Waals surface area (Å²) in [5, 5.41) is 24.8. The summed E-state index contributed by atoms with van der Waals surface area (Å²) in [5.74, 6) is 0.677. The highest BCUT2D eigenvalue weighted by Gasteiger charge is 2.15. The Morgan fingerprint density at radius 3 is 2.86 bits per heavy atom. The van der Waals surface area contributed by atoms with Gasteiger partial charge < -0.3 is 10.5 Å². The summed E-state index contributed by atoms with van der Waals surface area (Å²) in [6, 6.07) is 11.2. The number of hydrogen-bond donors (Lipinski definition) is 2. The van der Waals surface area contributed by atoms with E-state index in [0.717, 1.165) is 0 Å². The van der Waals surface area contributed by atoms with Crippen LogP contribution in [0.4, 0.5) is 5.82 Å². The van der Waals surface area contributed by atoms with Gasteiger partial charge in [0.05, 0.1) is 11.3 Å². The highest BCUT2D eigenvalue weighted by atomic mass is 16.5. The van der Waals surface area contributed by atoms with E-state index in [9.17, 15) is 5.26 Å². The molecule has 0 bridgehead atoms. The largest absolute Gasteiger partial charge is 0.489 e. The Kier molecular flexibility index (Phi) is 4.59. The van der Waals surface area contributed by atoms with Crippen LogP contribution < -0.4 is 10.5 Å². The van der Waals surface area contributed by atoms with Crippen LogP contribution in [0.5, 0.6) is 5.75 Å². The Hall–Kier alpha value is -3.51. The summed E-state index contributed by atoms with van der Waals surface area (Å²) in [6.45, 7) is 3.95. The van der Waals surface area contributed by atoms with E-state index >= 15 is 0 Å². The number of H-pyrrole nitrogens is 1. The van der Waals surface area contributed by atoms with Crippen LogP contribution in [0.25, 0.3) is 11.6 Å². The summed E-state index contributed by atoms with van der Waals surface area (Å²) < 4.78 is 5.54. The molecule has 0 aliphatic carbocycles. The molecule has 0 saturated heterocycles. The number of aromatic nitrogens is 2. The van der Waals surface area contributed by atoms with Gasteiger partial charge in [-0.1, -0.05) is 30.9 Å². The molecule has 22 heavy (non-hydrogen) atoms. The summed E-state index contributed by atoms with van der Waals surface area (Å²) in [5.41, 5.74) is 6.99. The smallest absolute Gasteiger partial charge is 0.163 e. The van der Waals surface area contributed by atoms with Crippen molar-refractivity contribution in [3.05, 3.63) is 53.7 Å². The highest BCUT2D eigenvalue weighted by Crippen LogP contribution is 2.26. The second kappa shape index (κ2) is 6.78. The lowest BCUT2D eigenvalue weighted by atomic mass is 10.1. The van der Waals surface area contributed by atoms with Crippen LogP contribution in [0.1, 0.15) is 16.8 Å². The van der Waals surface area contributed by atoms with E-state index in [1.165, 1.54) is 0 Å². The van der Waals surface area contributed by atoms with E-state index in [2.05, 4.69) is 16.8 Å². The second-order valence-corrected chi connectivity index (χ2v) is 4.28. The average molecular weight is 291 g/mol. The topological polar surface area (TPSA) is 112 Å². The Balaban J connectivity index is 2.48. The van der Waals surface area contributed by atoms with E-state index < -0.39 is 0 Å². The van der Waals surface area contributed by atoms with Crippen molar-refractivity contribution in [2.24, 2.45) is 0 Å². The number of allylic oxidation sites excluding steroid dienone is 1. The number of anilines is 1. The van der Waals surface area contributed by atoms with Crippen LogP contribution in [-0.4, -0.2) is 16.8 Å². The zero-order valence-corrected chi connectivity index (χ0v) is 11.7. The molecule has 1 aromatic carbocycles. The highest BCUT2D eigenvalue weighted by molar-refractivity contribution is 5.92. The third-order valence-corrected chi connectivity index (χ3v) is 2.87. The molecule has 0 fully saturated rings. The minimum absolute atomic E-state index is 0.0647. The lowest BCUT2D eigenvalue weighted by Crippen LogP contribution is -1.95. The van der Waals surface area contributed by atoms with Gasteiger partial charge in [0.1, 0.15) is 30.1 Å². The minimum atomic E-state index is 0.0647. The number of hydrogen-bond acceptors (Lipinski definition) is 5. The Morgan fingerprint density at radius 1 is 1.41 bits per heavy atom. The van der Waals surface area contributed by atoms with Gasteiger partial charge in [-0.3, -0.25) is 5.10 Å². The summed E-state index contributed by atoms with van der Waals surface area (Å²) >= 11 is 0.